The molecule has 142 valence electrons. The minimum Gasteiger partial charge on any atom is -0.493 e. The lowest BCUT2D eigenvalue weighted by Crippen LogP contribution is -2.10. The second-order valence-corrected chi connectivity index (χ2v) is 5.88. The molecular weight excluding hydrogens is 363 g/mol. The topological polar surface area (TPSA) is 60.7 Å². The van der Waals surface area contributed by atoms with Crippen molar-refractivity contribution in [1.29, 1.82) is 0 Å². The quantitative estimate of drug-likeness (QED) is 0.713. The molecule has 0 bridgehead atoms. The van der Waals surface area contributed by atoms with E-state index in [1.165, 1.54) is 37.0 Å². The number of carbonyl (C=O) groups is 1. The highest BCUT2D eigenvalue weighted by Gasteiger charge is 2.30. The van der Waals surface area contributed by atoms with Gasteiger partial charge in [0.15, 0.2) is 11.5 Å². The lowest BCUT2D eigenvalue weighted by molar-refractivity contribution is -0.137. The van der Waals surface area contributed by atoms with Crippen molar-refractivity contribution in [2.24, 2.45) is 0 Å². The van der Waals surface area contributed by atoms with E-state index in [0.717, 1.165) is 12.1 Å². The minimum absolute atomic E-state index is 0.0141. The molecule has 1 N–H and O–H groups in total. The second kappa shape index (κ2) is 6.86. The molecule has 0 aliphatic carbocycles. The molecule has 0 saturated carbocycles. The van der Waals surface area contributed by atoms with Gasteiger partial charge in [-0.15, -0.1) is 0 Å². The number of methoxy groups -OCH3 is 2. The van der Waals surface area contributed by atoms with E-state index < -0.39 is 17.7 Å². The van der Waals surface area contributed by atoms with E-state index >= 15 is 0 Å². The third-order valence-corrected chi connectivity index (χ3v) is 4.25. The minimum atomic E-state index is -4.42. The van der Waals surface area contributed by atoms with Crippen LogP contribution in [0.4, 0.5) is 13.2 Å². The van der Waals surface area contributed by atoms with Crippen LogP contribution < -0.4 is 9.47 Å². The smallest absolute Gasteiger partial charge is 0.416 e. The maximum absolute atomic E-state index is 12.7. The van der Waals surface area contributed by atoms with Crippen molar-refractivity contribution < 1.29 is 32.5 Å². The zero-order valence-electron chi connectivity index (χ0n) is 14.5. The summed E-state index contributed by atoms with van der Waals surface area (Å²) in [6, 6.07) is 9.41. The molecule has 0 amide bonds. The molecule has 0 saturated heterocycles. The fourth-order valence-electron chi connectivity index (χ4n) is 2.92. The summed E-state index contributed by atoms with van der Waals surface area (Å²) in [5, 5.41) is 10.1. The van der Waals surface area contributed by atoms with Crippen molar-refractivity contribution in [3.05, 3.63) is 59.3 Å². The molecule has 0 fully saturated rings. The average molecular weight is 379 g/mol. The molecule has 0 atom stereocenters. The van der Waals surface area contributed by atoms with Gasteiger partial charge in [-0.05, 0) is 29.8 Å². The highest BCUT2D eigenvalue weighted by atomic mass is 19.4. The highest BCUT2D eigenvalue weighted by Crippen LogP contribution is 2.34. The summed E-state index contributed by atoms with van der Waals surface area (Å²) in [7, 11) is 2.94. The van der Waals surface area contributed by atoms with Gasteiger partial charge in [0.1, 0.15) is 5.69 Å². The maximum atomic E-state index is 12.7. The molecule has 0 aliphatic rings. The van der Waals surface area contributed by atoms with E-state index in [9.17, 15) is 23.1 Å². The SMILES string of the molecule is COc1cc2cc(C(=O)O)n(Cc3ccc(C(F)(F)F)cc3)c2cc1OC. The van der Waals surface area contributed by atoms with Gasteiger partial charge in [-0.3, -0.25) is 0 Å². The first-order valence-electron chi connectivity index (χ1n) is 7.89. The zero-order valence-corrected chi connectivity index (χ0v) is 14.5. The summed E-state index contributed by atoms with van der Waals surface area (Å²) >= 11 is 0. The van der Waals surface area contributed by atoms with Crippen LogP contribution >= 0.6 is 0 Å². The Bertz CT molecular complexity index is 991. The predicted octanol–water partition coefficient (Wildman–Crippen LogP) is 4.42. The van der Waals surface area contributed by atoms with Crippen LogP contribution in [0.2, 0.25) is 0 Å². The molecule has 3 rings (SSSR count). The Morgan fingerprint density at radius 3 is 2.15 bits per heavy atom. The van der Waals surface area contributed by atoms with E-state index in [-0.39, 0.29) is 12.2 Å². The Labute approximate surface area is 152 Å². The number of alkyl halides is 3. The lowest BCUT2D eigenvalue weighted by Gasteiger charge is -2.12. The first-order valence-corrected chi connectivity index (χ1v) is 7.89. The number of aromatic carboxylic acids is 1. The fourth-order valence-corrected chi connectivity index (χ4v) is 2.92. The molecule has 0 unspecified atom stereocenters. The van der Waals surface area contributed by atoms with Gasteiger partial charge in [0.2, 0.25) is 0 Å². The summed E-state index contributed by atoms with van der Waals surface area (Å²) in [6.45, 7) is 0.0960. The van der Waals surface area contributed by atoms with E-state index in [0.29, 0.717) is 28.0 Å². The molecule has 27 heavy (non-hydrogen) atoms. The molecule has 8 heteroatoms. The van der Waals surface area contributed by atoms with Crippen LogP contribution in [-0.2, 0) is 12.7 Å². The number of benzene rings is 2. The lowest BCUT2D eigenvalue weighted by atomic mass is 10.1. The van der Waals surface area contributed by atoms with Crippen LogP contribution in [0.1, 0.15) is 21.6 Å². The number of rotatable bonds is 5. The first kappa shape index (κ1) is 18.6. The van der Waals surface area contributed by atoms with Crippen molar-refractivity contribution in [2.45, 2.75) is 12.7 Å². The monoisotopic (exact) mass is 379 g/mol. The van der Waals surface area contributed by atoms with Crippen molar-refractivity contribution in [3.63, 3.8) is 0 Å². The van der Waals surface area contributed by atoms with Gasteiger partial charge >= 0.3 is 12.1 Å². The zero-order chi connectivity index (χ0) is 19.8. The number of nitrogens with zero attached hydrogens (tertiary/aromatic N) is 1. The number of carboxylic acids is 1. The Kier molecular flexibility index (Phi) is 4.73. The van der Waals surface area contributed by atoms with Gasteiger partial charge in [-0.2, -0.15) is 13.2 Å². The number of hydrogen-bond donors (Lipinski definition) is 1. The Morgan fingerprint density at radius 1 is 1.04 bits per heavy atom. The number of fused-ring (bicyclic) bond motifs is 1. The van der Waals surface area contributed by atoms with Crippen LogP contribution in [0.3, 0.4) is 0 Å². The van der Waals surface area contributed by atoms with E-state index in [1.807, 2.05) is 0 Å². The molecule has 1 aromatic heterocycles. The number of halogens is 3. The maximum Gasteiger partial charge on any atom is 0.416 e. The second-order valence-electron chi connectivity index (χ2n) is 5.88. The summed E-state index contributed by atoms with van der Waals surface area (Å²) in [6.07, 6.45) is -4.42. The molecule has 1 heterocycles. The Balaban J connectivity index is 2.09. The van der Waals surface area contributed by atoms with Crippen LogP contribution in [0.5, 0.6) is 11.5 Å². The highest BCUT2D eigenvalue weighted by molar-refractivity contribution is 5.96. The summed E-state index contributed by atoms with van der Waals surface area (Å²) < 4.78 is 50.2. The largest absolute Gasteiger partial charge is 0.493 e. The Hall–Kier alpha value is -3.16. The molecule has 0 aliphatic heterocycles. The van der Waals surface area contributed by atoms with E-state index in [4.69, 9.17) is 9.47 Å². The van der Waals surface area contributed by atoms with E-state index in [2.05, 4.69) is 0 Å². The summed E-state index contributed by atoms with van der Waals surface area (Å²) in [5.41, 5.74) is 0.372. The fraction of sp³-hybridized carbons (Fsp3) is 0.211. The Morgan fingerprint density at radius 2 is 1.63 bits per heavy atom. The van der Waals surface area contributed by atoms with Crippen LogP contribution in [-0.4, -0.2) is 29.9 Å². The molecule has 5 nitrogen and oxygen atoms in total. The number of aromatic nitrogens is 1. The summed E-state index contributed by atoms with van der Waals surface area (Å²) in [4.78, 5) is 11.6. The van der Waals surface area contributed by atoms with Crippen molar-refractivity contribution in [2.75, 3.05) is 14.2 Å². The summed E-state index contributed by atoms with van der Waals surface area (Å²) in [5.74, 6) is -0.265. The van der Waals surface area contributed by atoms with Gasteiger partial charge in [0.05, 0.1) is 25.3 Å². The normalized spacial score (nSPS) is 11.6. The number of hydrogen-bond acceptors (Lipinski definition) is 3. The van der Waals surface area contributed by atoms with Gasteiger partial charge in [-0.1, -0.05) is 12.1 Å². The third kappa shape index (κ3) is 3.55. The predicted molar refractivity (Wildman–Crippen MR) is 92.5 cm³/mol. The molecular formula is C19H16F3NO4. The third-order valence-electron chi connectivity index (χ3n) is 4.25. The van der Waals surface area contributed by atoms with Crippen LogP contribution in [0.25, 0.3) is 10.9 Å². The first-order chi connectivity index (χ1) is 12.7. The van der Waals surface area contributed by atoms with Crippen molar-refractivity contribution in [3.8, 4) is 11.5 Å². The standard InChI is InChI=1S/C19H16F3NO4/c1-26-16-8-12-7-15(18(24)25)23(14(12)9-17(16)27-2)10-11-3-5-13(6-4-11)19(20,21)22/h3-9H,10H2,1-2H3,(H,24,25). The van der Waals surface area contributed by atoms with Crippen molar-refractivity contribution in [1.82, 2.24) is 4.57 Å². The van der Waals surface area contributed by atoms with Gasteiger partial charge in [0, 0.05) is 18.0 Å². The van der Waals surface area contributed by atoms with Crippen LogP contribution in [0, 0.1) is 0 Å². The van der Waals surface area contributed by atoms with Crippen molar-refractivity contribution >= 4 is 16.9 Å². The molecule has 2 aromatic carbocycles. The molecule has 0 radical (unpaired) electrons. The number of carboxylic acid groups (broad SMARTS) is 1. The number of ether oxygens (including phenoxy) is 2. The average Bonchev–Trinajstić information content (AvgIpc) is 2.98. The van der Waals surface area contributed by atoms with Gasteiger partial charge in [-0.25, -0.2) is 4.79 Å². The molecule has 3 aromatic rings. The molecule has 0 spiro atoms. The van der Waals surface area contributed by atoms with Crippen LogP contribution in [0.15, 0.2) is 42.5 Å². The van der Waals surface area contributed by atoms with E-state index in [1.54, 1.807) is 12.1 Å². The van der Waals surface area contributed by atoms with Gasteiger partial charge < -0.3 is 19.1 Å². The van der Waals surface area contributed by atoms with Gasteiger partial charge in [0.25, 0.3) is 0 Å².